The maximum Gasteiger partial charge on any atom is 0.187 e. The molecule has 0 N–H and O–H groups in total. The third-order valence-corrected chi connectivity index (χ3v) is 32.5. The van der Waals surface area contributed by atoms with Crippen molar-refractivity contribution in [2.24, 2.45) is 0 Å². The number of fused-ring (bicyclic) bond motifs is 4. The van der Waals surface area contributed by atoms with Crippen molar-refractivity contribution in [3.05, 3.63) is 510 Å². The van der Waals surface area contributed by atoms with Gasteiger partial charge in [-0.3, -0.25) is 9.80 Å². The molecule has 0 atom stereocenters. The Hall–Kier alpha value is -10.3. The third kappa shape index (κ3) is 23.7. The van der Waals surface area contributed by atoms with E-state index in [1.807, 2.05) is 12.1 Å². The molecule has 4 aliphatic rings. The molecule has 0 aliphatic carbocycles. The van der Waals surface area contributed by atoms with E-state index in [-0.39, 0.29) is 31.6 Å². The fraction of sp³-hybridized carbons (Fsp3) is 0.126. The van der Waals surface area contributed by atoms with E-state index < -0.39 is 31.7 Å². The van der Waals surface area contributed by atoms with Crippen molar-refractivity contribution in [1.29, 1.82) is 0 Å². The standard InChI is InChI=1S/C20H20N2O.C19H20BrNO.4C18H15P.Pd/c1-21-18-7-8-19-17(13-18)15-23-20(19)9-11-22(12-10-20)14-16-5-3-2-4-6-16;20-17-6-7-18-16(12-17)14-22-19(18)8-10-21(11-9-19)13-15-4-2-1-3-5-15;4*1-4-10-16(11-5-1)19(17-12-6-2-7-13-17)18-14-8-3-9-15-18;/h2-8,13H,9-12,14-15H2;1-7,12H,8-11,13-14H2;4*1-15H;. The van der Waals surface area contributed by atoms with Crippen LogP contribution in [0.3, 0.4) is 0 Å². The second-order valence-electron chi connectivity index (χ2n) is 30.2. The average molecular weight is 1820 g/mol. The van der Waals surface area contributed by atoms with E-state index in [2.05, 4.69) is 479 Å². The van der Waals surface area contributed by atoms with Crippen LogP contribution in [0.1, 0.15) is 59.1 Å². The van der Waals surface area contributed by atoms with Gasteiger partial charge in [0.05, 0.1) is 31.0 Å². The van der Waals surface area contributed by atoms with Crippen LogP contribution in [-0.2, 0) is 67.4 Å². The van der Waals surface area contributed by atoms with Crippen molar-refractivity contribution < 1.29 is 29.9 Å². The summed E-state index contributed by atoms with van der Waals surface area (Å²) >= 11 is 3.56. The zero-order valence-corrected chi connectivity index (χ0v) is 75.2. The van der Waals surface area contributed by atoms with Crippen molar-refractivity contribution in [3.63, 3.8) is 0 Å². The van der Waals surface area contributed by atoms with Crippen LogP contribution in [0.2, 0.25) is 0 Å². The number of halogens is 1. The van der Waals surface area contributed by atoms with Gasteiger partial charge in [-0.1, -0.05) is 465 Å². The van der Waals surface area contributed by atoms with Crippen LogP contribution in [0.25, 0.3) is 4.85 Å². The van der Waals surface area contributed by atoms with Gasteiger partial charge < -0.3 is 9.47 Å². The van der Waals surface area contributed by atoms with E-state index >= 15 is 0 Å². The SMILES string of the molecule is Brc1ccc2c(c1)COC21CCN(Cc2ccccc2)CC1.[C-]#[N+]c1ccc2c(c1)COC21CCN(Cc2ccccc2)CC1.[Pd].c1ccc(P(c2ccccc2)c2ccccc2)cc1.c1ccc(P(c2ccccc2)c2ccccc2)cc1.c1ccc(P(c2ccccc2)c2ccccc2)cc1.c1ccc(P(c2ccccc2)c2ccccc2)cc1. The van der Waals surface area contributed by atoms with Gasteiger partial charge in [0.15, 0.2) is 5.69 Å². The first-order valence-corrected chi connectivity index (χ1v) is 47.9. The summed E-state index contributed by atoms with van der Waals surface area (Å²) in [5.74, 6) is 0. The minimum atomic E-state index is -0.446. The van der Waals surface area contributed by atoms with Crippen LogP contribution in [0.15, 0.2) is 466 Å². The summed E-state index contributed by atoms with van der Waals surface area (Å²) < 4.78 is 13.6. The molecule has 4 heterocycles. The van der Waals surface area contributed by atoms with Crippen LogP contribution in [0.4, 0.5) is 5.69 Å². The molecule has 2 fully saturated rings. The summed E-state index contributed by atoms with van der Waals surface area (Å²) in [6.45, 7) is 14.9. The molecule has 0 unspecified atom stereocenters. The Morgan fingerprint density at radius 3 is 0.672 bits per heavy atom. The van der Waals surface area contributed by atoms with Crippen molar-refractivity contribution in [2.45, 2.75) is 63.2 Å². The molecule has 0 bridgehead atoms. The molecule has 16 aromatic carbocycles. The number of likely N-dealkylation sites (tertiary alicyclic amines) is 2. The number of nitrogens with zero attached hydrogens (tertiary/aromatic N) is 3. The molecule has 11 heteroatoms. The van der Waals surface area contributed by atoms with Gasteiger partial charge in [0.25, 0.3) is 0 Å². The van der Waals surface area contributed by atoms with Crippen LogP contribution >= 0.6 is 47.6 Å². The Balaban J connectivity index is 0.000000120. The molecule has 2 spiro atoms. The number of hydrogen-bond donors (Lipinski definition) is 0. The van der Waals surface area contributed by atoms with E-state index in [0.717, 1.165) is 76.0 Å². The monoisotopic (exact) mass is 1820 g/mol. The second kappa shape index (κ2) is 45.7. The molecular formula is C111H100BrN3O2P4Pd. The van der Waals surface area contributed by atoms with Crippen molar-refractivity contribution in [1.82, 2.24) is 9.80 Å². The van der Waals surface area contributed by atoms with Crippen LogP contribution in [-0.4, -0.2) is 36.0 Å². The third-order valence-electron chi connectivity index (χ3n) is 22.3. The number of hydrogen-bond acceptors (Lipinski definition) is 4. The maximum atomic E-state index is 7.15. The second-order valence-corrected chi connectivity index (χ2v) is 40.0. The molecule has 20 rings (SSSR count). The van der Waals surface area contributed by atoms with Gasteiger partial charge in [0, 0.05) is 64.2 Å². The van der Waals surface area contributed by atoms with E-state index in [1.54, 1.807) is 0 Å². The van der Waals surface area contributed by atoms with E-state index in [9.17, 15) is 0 Å². The van der Waals surface area contributed by atoms with Gasteiger partial charge in [0.2, 0.25) is 0 Å². The fourth-order valence-corrected chi connectivity index (χ4v) is 25.9. The molecule has 5 nitrogen and oxygen atoms in total. The first-order chi connectivity index (χ1) is 59.8. The number of ether oxygens (including phenoxy) is 2. The fourth-order valence-electron chi connectivity index (χ4n) is 16.3. The van der Waals surface area contributed by atoms with Crippen molar-refractivity contribution in [3.8, 4) is 0 Å². The summed E-state index contributed by atoms with van der Waals surface area (Å²) in [4.78, 5) is 8.58. The van der Waals surface area contributed by atoms with E-state index in [0.29, 0.717) is 12.3 Å². The van der Waals surface area contributed by atoms with Gasteiger partial charge in [-0.15, -0.1) is 0 Å². The average Bonchev–Trinajstić information content (AvgIpc) is 1.61. The molecule has 0 amide bonds. The molecule has 122 heavy (non-hydrogen) atoms. The Labute approximate surface area is 750 Å². The molecule has 608 valence electrons. The first kappa shape index (κ1) is 88.0. The Kier molecular flexibility index (Phi) is 33.0. The smallest absolute Gasteiger partial charge is 0.187 e. The molecule has 0 radical (unpaired) electrons. The van der Waals surface area contributed by atoms with Gasteiger partial charge in [-0.05, 0) is 167 Å². The Morgan fingerprint density at radius 1 is 0.262 bits per heavy atom. The molecule has 2 saturated heterocycles. The quantitative estimate of drug-likeness (QED) is 0.0548. The minimum Gasteiger partial charge on any atom is -0.366 e. The number of benzene rings is 16. The summed E-state index contributed by atoms with van der Waals surface area (Å²) in [6, 6.07) is 163. The zero-order chi connectivity index (χ0) is 82.4. The van der Waals surface area contributed by atoms with Crippen molar-refractivity contribution in [2.75, 3.05) is 26.2 Å². The minimum absolute atomic E-state index is 0. The first-order valence-electron chi connectivity index (χ1n) is 41.8. The van der Waals surface area contributed by atoms with Crippen LogP contribution < -0.4 is 63.7 Å². The van der Waals surface area contributed by atoms with Gasteiger partial charge in [0.1, 0.15) is 0 Å². The van der Waals surface area contributed by atoms with Crippen LogP contribution in [0.5, 0.6) is 0 Å². The van der Waals surface area contributed by atoms with Gasteiger partial charge in [-0.25, -0.2) is 4.85 Å². The zero-order valence-electron chi connectivity index (χ0n) is 68.5. The molecule has 0 aromatic heterocycles. The Morgan fingerprint density at radius 2 is 0.459 bits per heavy atom. The summed E-state index contributed by atoms with van der Waals surface area (Å²) in [5, 5.41) is 16.8. The van der Waals surface area contributed by atoms with E-state index in [1.165, 1.54) is 97.0 Å². The van der Waals surface area contributed by atoms with Crippen molar-refractivity contribution >= 4 is 117 Å². The molecular weight excluding hydrogens is 1720 g/mol. The predicted octanol–water partition coefficient (Wildman–Crippen LogP) is 22.5. The molecule has 16 aromatic rings. The predicted molar refractivity (Wildman–Crippen MR) is 522 cm³/mol. The Bertz CT molecular complexity index is 4910. The normalized spacial score (nSPS) is 13.9. The largest absolute Gasteiger partial charge is 0.366 e. The molecule has 0 saturated carbocycles. The van der Waals surface area contributed by atoms with Gasteiger partial charge in [-0.2, -0.15) is 0 Å². The summed E-state index contributed by atoms with van der Waals surface area (Å²) in [5.41, 5.74) is 8.60. The number of rotatable bonds is 16. The topological polar surface area (TPSA) is 29.3 Å². The van der Waals surface area contributed by atoms with E-state index in [4.69, 9.17) is 16.0 Å². The maximum absolute atomic E-state index is 7.15. The summed E-state index contributed by atoms with van der Waals surface area (Å²) in [6.07, 6.45) is 4.25. The summed E-state index contributed by atoms with van der Waals surface area (Å²) in [7, 11) is -1.78. The number of piperidine rings is 2. The molecule has 4 aliphatic heterocycles. The van der Waals surface area contributed by atoms with Gasteiger partial charge >= 0.3 is 0 Å². The van der Waals surface area contributed by atoms with Crippen LogP contribution in [0, 0.1) is 6.57 Å².